The molecule has 1 saturated carbocycles. The molecule has 1 N–H and O–H groups in total. The molecule has 0 radical (unpaired) electrons. The van der Waals surface area contributed by atoms with Crippen molar-refractivity contribution >= 4 is 23.4 Å². The van der Waals surface area contributed by atoms with Crippen molar-refractivity contribution in [3.8, 4) is 0 Å². The Kier molecular flexibility index (Phi) is 4.06. The summed E-state index contributed by atoms with van der Waals surface area (Å²) in [4.78, 5) is 8.64. The summed E-state index contributed by atoms with van der Waals surface area (Å²) in [5.74, 6) is 1.29. The third kappa shape index (κ3) is 3.23. The molecule has 1 aliphatic rings. The maximum absolute atomic E-state index is 12.5. The normalized spacial score (nSPS) is 16.5. The van der Waals surface area contributed by atoms with Crippen LogP contribution >= 0.6 is 11.8 Å². The minimum atomic E-state index is -4.28. The number of alkyl halides is 3. The number of hydrogen-bond acceptors (Lipinski definition) is 5. The van der Waals surface area contributed by atoms with Crippen molar-refractivity contribution in [3.63, 3.8) is 0 Å². The Morgan fingerprint density at radius 3 is 2.54 bits per heavy atom. The Balaban J connectivity index is 1.64. The highest BCUT2D eigenvalue weighted by molar-refractivity contribution is 8.00. The van der Waals surface area contributed by atoms with Crippen molar-refractivity contribution in [3.05, 3.63) is 47.9 Å². The van der Waals surface area contributed by atoms with Gasteiger partial charge in [0, 0.05) is 16.7 Å². The van der Waals surface area contributed by atoms with Crippen LogP contribution in [0.2, 0.25) is 0 Å². The van der Waals surface area contributed by atoms with E-state index in [1.54, 1.807) is 16.6 Å². The molecule has 1 fully saturated rings. The topological polar surface area (TPSA) is 55.1 Å². The summed E-state index contributed by atoms with van der Waals surface area (Å²) < 4.78 is 39.2. The fourth-order valence-electron chi connectivity index (χ4n) is 3.26. The lowest BCUT2D eigenvalue weighted by molar-refractivity contribution is -0.0328. The lowest BCUT2D eigenvalue weighted by Gasteiger charge is -2.44. The van der Waals surface area contributed by atoms with Gasteiger partial charge in [-0.3, -0.25) is 0 Å². The van der Waals surface area contributed by atoms with Crippen LogP contribution in [0.5, 0.6) is 0 Å². The average molecular weight is 379 g/mol. The largest absolute Gasteiger partial charge is 0.446 e. The molecule has 1 aliphatic carbocycles. The van der Waals surface area contributed by atoms with Gasteiger partial charge in [0.2, 0.25) is 0 Å². The highest BCUT2D eigenvalue weighted by Crippen LogP contribution is 2.45. The van der Waals surface area contributed by atoms with Crippen molar-refractivity contribution in [2.45, 2.75) is 42.1 Å². The van der Waals surface area contributed by atoms with Crippen molar-refractivity contribution in [1.29, 1.82) is 0 Å². The number of nitrogens with one attached hydrogen (secondary N) is 1. The molecule has 0 aliphatic heterocycles. The molecule has 0 amide bonds. The Morgan fingerprint density at radius 1 is 1.19 bits per heavy atom. The van der Waals surface area contributed by atoms with Crippen molar-refractivity contribution < 1.29 is 13.2 Å². The van der Waals surface area contributed by atoms with Crippen LogP contribution in [-0.2, 0) is 5.54 Å². The molecule has 26 heavy (non-hydrogen) atoms. The summed E-state index contributed by atoms with van der Waals surface area (Å²) in [6.45, 7) is 1.89. The van der Waals surface area contributed by atoms with Crippen LogP contribution in [-0.4, -0.2) is 25.1 Å². The summed E-state index contributed by atoms with van der Waals surface area (Å²) >= 11 is -0.0964. The van der Waals surface area contributed by atoms with Crippen molar-refractivity contribution in [2.75, 3.05) is 5.32 Å². The van der Waals surface area contributed by atoms with E-state index in [9.17, 15) is 13.2 Å². The maximum atomic E-state index is 12.5. The maximum Gasteiger partial charge on any atom is 0.446 e. The molecule has 5 nitrogen and oxygen atoms in total. The van der Waals surface area contributed by atoms with Gasteiger partial charge in [0.25, 0.3) is 5.78 Å². The molecule has 2 aromatic heterocycles. The first-order valence-electron chi connectivity index (χ1n) is 8.17. The highest BCUT2D eigenvalue weighted by Gasteiger charge is 2.39. The number of aromatic nitrogens is 4. The highest BCUT2D eigenvalue weighted by atomic mass is 32.2. The zero-order valence-corrected chi connectivity index (χ0v) is 14.7. The average Bonchev–Trinajstić information content (AvgIpc) is 2.98. The number of halogens is 3. The number of thioether (sulfide) groups is 1. The number of anilines is 1. The quantitative estimate of drug-likeness (QED) is 0.675. The van der Waals surface area contributed by atoms with Gasteiger partial charge in [0.15, 0.2) is 0 Å². The Morgan fingerprint density at radius 2 is 1.92 bits per heavy atom. The first-order valence-corrected chi connectivity index (χ1v) is 8.98. The number of aryl methyl sites for hydroxylation is 1. The van der Waals surface area contributed by atoms with Crippen LogP contribution in [0.3, 0.4) is 0 Å². The van der Waals surface area contributed by atoms with Crippen LogP contribution < -0.4 is 5.32 Å². The first kappa shape index (κ1) is 17.1. The number of hydrogen-bond donors (Lipinski definition) is 1. The summed E-state index contributed by atoms with van der Waals surface area (Å²) in [5.41, 5.74) is -2.80. The lowest BCUT2D eigenvalue weighted by Crippen LogP contribution is -2.42. The van der Waals surface area contributed by atoms with E-state index in [1.807, 2.05) is 13.0 Å². The minimum Gasteiger partial charge on any atom is -0.360 e. The Hall–Kier alpha value is -2.29. The van der Waals surface area contributed by atoms with Crippen molar-refractivity contribution in [1.82, 2.24) is 19.6 Å². The molecule has 0 spiro atoms. The molecule has 3 aromatic rings. The molecule has 0 bridgehead atoms. The fraction of sp³-hybridized carbons (Fsp3) is 0.353. The van der Waals surface area contributed by atoms with E-state index in [0.717, 1.165) is 36.3 Å². The predicted molar refractivity (Wildman–Crippen MR) is 93.0 cm³/mol. The van der Waals surface area contributed by atoms with Gasteiger partial charge in [0.1, 0.15) is 12.1 Å². The first-order chi connectivity index (χ1) is 12.3. The standard InChI is InChI=1S/C17H16F3N5S/c1-11-9-14(25-15(23-11)21-10-22-25)24-16(7-2-8-16)12-3-5-13(6-4-12)26-17(18,19)20/h3-6,9-10,24H,2,7-8H2,1H3. The van der Waals surface area contributed by atoms with Gasteiger partial charge in [-0.25, -0.2) is 4.98 Å². The third-order valence-corrected chi connectivity index (χ3v) is 5.33. The van der Waals surface area contributed by atoms with Gasteiger partial charge in [-0.15, -0.1) is 0 Å². The van der Waals surface area contributed by atoms with E-state index in [-0.39, 0.29) is 22.2 Å². The molecule has 2 heterocycles. The Labute approximate surface area is 152 Å². The predicted octanol–water partition coefficient (Wildman–Crippen LogP) is 4.54. The molecule has 4 rings (SSSR count). The fourth-order valence-corrected chi connectivity index (χ4v) is 3.80. The van der Waals surface area contributed by atoms with Gasteiger partial charge < -0.3 is 5.32 Å². The van der Waals surface area contributed by atoms with Crippen LogP contribution in [0.1, 0.15) is 30.5 Å². The van der Waals surface area contributed by atoms with Crippen LogP contribution in [0.15, 0.2) is 41.6 Å². The van der Waals surface area contributed by atoms with Crippen LogP contribution in [0.25, 0.3) is 5.78 Å². The van der Waals surface area contributed by atoms with E-state index in [1.165, 1.54) is 18.5 Å². The smallest absolute Gasteiger partial charge is 0.360 e. The summed E-state index contributed by atoms with van der Waals surface area (Å²) in [6.07, 6.45) is 4.30. The van der Waals surface area contributed by atoms with E-state index >= 15 is 0 Å². The van der Waals surface area contributed by atoms with Crippen LogP contribution in [0, 0.1) is 6.92 Å². The SMILES string of the molecule is Cc1cc(NC2(c3ccc(SC(F)(F)F)cc3)CCC2)n2ncnc2n1. The second kappa shape index (κ2) is 6.15. The summed E-state index contributed by atoms with van der Waals surface area (Å²) in [7, 11) is 0. The van der Waals surface area contributed by atoms with Crippen molar-refractivity contribution in [2.24, 2.45) is 0 Å². The van der Waals surface area contributed by atoms with Gasteiger partial charge >= 0.3 is 5.51 Å². The number of rotatable bonds is 4. The summed E-state index contributed by atoms with van der Waals surface area (Å²) in [5, 5.41) is 7.74. The zero-order chi connectivity index (χ0) is 18.4. The van der Waals surface area contributed by atoms with Gasteiger partial charge in [0.05, 0.1) is 5.54 Å². The lowest BCUT2D eigenvalue weighted by atomic mass is 9.72. The number of fused-ring (bicyclic) bond motifs is 1. The minimum absolute atomic E-state index is 0.0964. The summed E-state index contributed by atoms with van der Waals surface area (Å²) in [6, 6.07) is 8.49. The molecule has 136 valence electrons. The van der Waals surface area contributed by atoms with Gasteiger partial charge in [-0.05, 0) is 55.6 Å². The van der Waals surface area contributed by atoms with E-state index in [4.69, 9.17) is 0 Å². The van der Waals surface area contributed by atoms with Crippen LogP contribution in [0.4, 0.5) is 19.0 Å². The second-order valence-corrected chi connectivity index (χ2v) is 7.53. The zero-order valence-electron chi connectivity index (χ0n) is 13.9. The van der Waals surface area contributed by atoms with E-state index in [0.29, 0.717) is 5.78 Å². The van der Waals surface area contributed by atoms with E-state index in [2.05, 4.69) is 20.4 Å². The molecular weight excluding hydrogens is 363 g/mol. The third-order valence-electron chi connectivity index (χ3n) is 4.59. The second-order valence-electron chi connectivity index (χ2n) is 6.39. The molecule has 0 saturated heterocycles. The Bertz CT molecular complexity index is 932. The molecule has 1 aromatic carbocycles. The molecule has 0 atom stereocenters. The van der Waals surface area contributed by atoms with E-state index < -0.39 is 5.51 Å². The molecular formula is C17H16F3N5S. The molecule has 0 unspecified atom stereocenters. The van der Waals surface area contributed by atoms with Gasteiger partial charge in [-0.1, -0.05) is 12.1 Å². The monoisotopic (exact) mass is 379 g/mol. The number of nitrogens with zero attached hydrogens (tertiary/aromatic N) is 4. The molecule has 9 heteroatoms. The van der Waals surface area contributed by atoms with Gasteiger partial charge in [-0.2, -0.15) is 27.8 Å². The number of benzene rings is 1.